The van der Waals surface area contributed by atoms with Gasteiger partial charge >= 0.3 is 0 Å². The highest BCUT2D eigenvalue weighted by Gasteiger charge is 2.36. The zero-order valence-electron chi connectivity index (χ0n) is 11.9. The first kappa shape index (κ1) is 13.9. The monoisotopic (exact) mass is 227 g/mol. The summed E-state index contributed by atoms with van der Waals surface area (Å²) < 4.78 is 0. The highest BCUT2D eigenvalue weighted by atomic mass is 15.3. The summed E-state index contributed by atoms with van der Waals surface area (Å²) in [5, 5.41) is 0. The summed E-state index contributed by atoms with van der Waals surface area (Å²) in [6, 6.07) is 0.639. The number of piperazine rings is 1. The van der Waals surface area contributed by atoms with Gasteiger partial charge in [-0.1, -0.05) is 13.8 Å². The van der Waals surface area contributed by atoms with Crippen LogP contribution in [-0.4, -0.2) is 54.6 Å². The van der Waals surface area contributed by atoms with Crippen LogP contribution in [0.15, 0.2) is 0 Å². The second kappa shape index (κ2) is 4.63. The van der Waals surface area contributed by atoms with Gasteiger partial charge in [0.15, 0.2) is 0 Å². The van der Waals surface area contributed by atoms with Crippen LogP contribution in [0.2, 0.25) is 0 Å². The number of nitrogens with zero attached hydrogens (tertiary/aromatic N) is 2. The van der Waals surface area contributed by atoms with Crippen molar-refractivity contribution < 1.29 is 0 Å². The van der Waals surface area contributed by atoms with Crippen LogP contribution >= 0.6 is 0 Å². The topological polar surface area (TPSA) is 32.5 Å². The lowest BCUT2D eigenvalue weighted by molar-refractivity contribution is 0.0415. The highest BCUT2D eigenvalue weighted by molar-refractivity contribution is 4.94. The molecule has 3 heteroatoms. The minimum Gasteiger partial charge on any atom is -0.325 e. The molecule has 0 saturated carbocycles. The maximum Gasteiger partial charge on any atom is 0.0195 e. The number of hydrogen-bond donors (Lipinski definition) is 1. The Morgan fingerprint density at radius 2 is 1.75 bits per heavy atom. The minimum absolute atomic E-state index is 0.129. The Hall–Kier alpha value is -0.120. The Morgan fingerprint density at radius 1 is 1.19 bits per heavy atom. The molecule has 0 aromatic heterocycles. The molecule has 2 N–H and O–H groups in total. The van der Waals surface area contributed by atoms with Gasteiger partial charge < -0.3 is 10.6 Å². The number of rotatable bonds is 3. The summed E-state index contributed by atoms with van der Waals surface area (Å²) in [6.45, 7) is 15.7. The maximum atomic E-state index is 6.27. The van der Waals surface area contributed by atoms with E-state index in [2.05, 4.69) is 51.5 Å². The molecule has 0 aromatic rings. The Kier molecular flexibility index (Phi) is 4.04. The van der Waals surface area contributed by atoms with Crippen LogP contribution < -0.4 is 5.73 Å². The van der Waals surface area contributed by atoms with Gasteiger partial charge in [0.1, 0.15) is 0 Å². The summed E-state index contributed by atoms with van der Waals surface area (Å²) in [7, 11) is 2.20. The van der Waals surface area contributed by atoms with Crippen molar-refractivity contribution in [3.8, 4) is 0 Å². The van der Waals surface area contributed by atoms with Crippen LogP contribution in [0.25, 0.3) is 0 Å². The molecule has 0 spiro atoms. The molecule has 0 aromatic carbocycles. The van der Waals surface area contributed by atoms with Crippen molar-refractivity contribution in [2.75, 3.05) is 33.2 Å². The zero-order valence-corrected chi connectivity index (χ0v) is 11.9. The maximum absolute atomic E-state index is 6.27. The van der Waals surface area contributed by atoms with E-state index >= 15 is 0 Å². The SMILES string of the molecule is CC1CN(C)CCN1CC(C)(C)C(C)(C)N. The van der Waals surface area contributed by atoms with Gasteiger partial charge in [-0.05, 0) is 33.2 Å². The number of hydrogen-bond acceptors (Lipinski definition) is 3. The molecule has 1 aliphatic heterocycles. The lowest BCUT2D eigenvalue weighted by atomic mass is 9.74. The van der Waals surface area contributed by atoms with E-state index in [-0.39, 0.29) is 11.0 Å². The molecule has 1 rings (SSSR count). The molecule has 0 bridgehead atoms. The lowest BCUT2D eigenvalue weighted by Crippen LogP contribution is -2.58. The van der Waals surface area contributed by atoms with E-state index in [0.29, 0.717) is 6.04 Å². The Bertz CT molecular complexity index is 230. The summed E-state index contributed by atoms with van der Waals surface area (Å²) in [6.07, 6.45) is 0. The van der Waals surface area contributed by atoms with E-state index in [1.807, 2.05) is 0 Å². The van der Waals surface area contributed by atoms with Gasteiger partial charge in [-0.25, -0.2) is 0 Å². The zero-order chi connectivity index (χ0) is 12.6. The van der Waals surface area contributed by atoms with Gasteiger partial charge in [0.05, 0.1) is 0 Å². The Morgan fingerprint density at radius 3 is 2.19 bits per heavy atom. The molecule has 0 radical (unpaired) electrons. The molecule has 16 heavy (non-hydrogen) atoms. The van der Waals surface area contributed by atoms with E-state index in [1.165, 1.54) is 13.1 Å². The van der Waals surface area contributed by atoms with Crippen LogP contribution in [0.3, 0.4) is 0 Å². The third kappa shape index (κ3) is 3.19. The van der Waals surface area contributed by atoms with Gasteiger partial charge in [0.25, 0.3) is 0 Å². The van der Waals surface area contributed by atoms with Crippen molar-refractivity contribution in [3.05, 3.63) is 0 Å². The fraction of sp³-hybridized carbons (Fsp3) is 1.00. The van der Waals surface area contributed by atoms with Crippen molar-refractivity contribution in [1.29, 1.82) is 0 Å². The molecule has 3 nitrogen and oxygen atoms in total. The normalized spacial score (nSPS) is 26.1. The average Bonchev–Trinajstić information content (AvgIpc) is 2.08. The van der Waals surface area contributed by atoms with Crippen LogP contribution in [0.1, 0.15) is 34.6 Å². The molecular formula is C13H29N3. The van der Waals surface area contributed by atoms with Crippen molar-refractivity contribution >= 4 is 0 Å². The van der Waals surface area contributed by atoms with E-state index in [1.54, 1.807) is 0 Å². The predicted molar refractivity (Wildman–Crippen MR) is 70.6 cm³/mol. The molecule has 1 unspecified atom stereocenters. The van der Waals surface area contributed by atoms with Crippen molar-refractivity contribution in [1.82, 2.24) is 9.80 Å². The third-order valence-electron chi connectivity index (χ3n) is 4.31. The molecule has 1 aliphatic rings. The first-order valence-electron chi connectivity index (χ1n) is 6.35. The van der Waals surface area contributed by atoms with E-state index in [0.717, 1.165) is 13.1 Å². The third-order valence-corrected chi connectivity index (χ3v) is 4.31. The molecule has 1 heterocycles. The average molecular weight is 227 g/mol. The second-order valence-electron chi connectivity index (χ2n) is 6.69. The molecular weight excluding hydrogens is 198 g/mol. The molecule has 0 aliphatic carbocycles. The summed E-state index contributed by atoms with van der Waals surface area (Å²) in [4.78, 5) is 4.98. The smallest absolute Gasteiger partial charge is 0.0195 e. The molecule has 96 valence electrons. The van der Waals surface area contributed by atoms with Gasteiger partial charge in [-0.15, -0.1) is 0 Å². The number of likely N-dealkylation sites (N-methyl/N-ethyl adjacent to an activating group) is 1. The van der Waals surface area contributed by atoms with Gasteiger partial charge in [0.2, 0.25) is 0 Å². The van der Waals surface area contributed by atoms with E-state index in [4.69, 9.17) is 5.73 Å². The van der Waals surface area contributed by atoms with Gasteiger partial charge in [-0.2, -0.15) is 0 Å². The molecule has 1 saturated heterocycles. The standard InChI is InChI=1S/C13H29N3/c1-11-9-15(6)7-8-16(11)10-12(2,3)13(4,5)14/h11H,7-10,14H2,1-6H3. The van der Waals surface area contributed by atoms with Crippen LogP contribution in [0, 0.1) is 5.41 Å². The van der Waals surface area contributed by atoms with Gasteiger partial charge in [0, 0.05) is 37.8 Å². The first-order chi connectivity index (χ1) is 7.13. The lowest BCUT2D eigenvalue weighted by Gasteiger charge is -2.46. The van der Waals surface area contributed by atoms with Crippen LogP contribution in [0.5, 0.6) is 0 Å². The number of nitrogens with two attached hydrogens (primary N) is 1. The summed E-state index contributed by atoms with van der Waals surface area (Å²) in [5.41, 5.74) is 6.29. The van der Waals surface area contributed by atoms with Crippen molar-refractivity contribution in [3.63, 3.8) is 0 Å². The quantitative estimate of drug-likeness (QED) is 0.791. The summed E-state index contributed by atoms with van der Waals surface area (Å²) >= 11 is 0. The molecule has 0 amide bonds. The fourth-order valence-electron chi connectivity index (χ4n) is 2.12. The van der Waals surface area contributed by atoms with E-state index < -0.39 is 0 Å². The Balaban J connectivity index is 2.60. The predicted octanol–water partition coefficient (Wildman–Crippen LogP) is 1.39. The van der Waals surface area contributed by atoms with Crippen molar-refractivity contribution in [2.45, 2.75) is 46.2 Å². The Labute approximate surface area is 101 Å². The van der Waals surface area contributed by atoms with Gasteiger partial charge in [-0.3, -0.25) is 4.90 Å². The molecule has 1 fully saturated rings. The largest absolute Gasteiger partial charge is 0.325 e. The highest BCUT2D eigenvalue weighted by Crippen LogP contribution is 2.30. The first-order valence-corrected chi connectivity index (χ1v) is 6.35. The minimum atomic E-state index is -0.129. The fourth-order valence-corrected chi connectivity index (χ4v) is 2.12. The van der Waals surface area contributed by atoms with Crippen LogP contribution in [-0.2, 0) is 0 Å². The molecule has 1 atom stereocenters. The summed E-state index contributed by atoms with van der Waals surface area (Å²) in [5.74, 6) is 0. The van der Waals surface area contributed by atoms with Crippen LogP contribution in [0.4, 0.5) is 0 Å². The van der Waals surface area contributed by atoms with Crippen molar-refractivity contribution in [2.24, 2.45) is 11.1 Å². The van der Waals surface area contributed by atoms with E-state index in [9.17, 15) is 0 Å². The second-order valence-corrected chi connectivity index (χ2v) is 6.69.